The number of nitrogens with one attached hydrogen (secondary N) is 2. The number of halogens is 1. The zero-order chi connectivity index (χ0) is 32.4. The van der Waals surface area contributed by atoms with Gasteiger partial charge in [0.25, 0.3) is 11.5 Å². The molecule has 9 nitrogen and oxygen atoms in total. The van der Waals surface area contributed by atoms with Gasteiger partial charge in [-0.25, -0.2) is 14.2 Å². The number of amides is 2. The van der Waals surface area contributed by atoms with E-state index in [0.29, 0.717) is 11.1 Å². The van der Waals surface area contributed by atoms with Crippen LogP contribution in [0.4, 0.5) is 9.18 Å². The zero-order valence-electron chi connectivity index (χ0n) is 26.5. The normalized spacial score (nSPS) is 16.1. The number of hydrogen-bond acceptors (Lipinski definition) is 6. The molecule has 34 heavy (non-hydrogen) atoms. The van der Waals surface area contributed by atoms with Crippen molar-refractivity contribution in [2.75, 3.05) is 0 Å². The molecular formula is C24H25FN4O5. The molecule has 0 radical (unpaired) electrons. The number of aromatic nitrogens is 2. The number of rotatable bonds is 7. The van der Waals surface area contributed by atoms with E-state index in [-0.39, 0.29) is 6.54 Å². The topological polar surface area (TPSA) is 123 Å². The summed E-state index contributed by atoms with van der Waals surface area (Å²) in [5.74, 6) is -5.07. The third-order valence-corrected chi connectivity index (χ3v) is 4.48. The van der Waals surface area contributed by atoms with E-state index in [1.807, 2.05) is 0 Å². The van der Waals surface area contributed by atoms with Crippen molar-refractivity contribution in [2.45, 2.75) is 32.4 Å². The first-order valence-corrected chi connectivity index (χ1v) is 9.68. The van der Waals surface area contributed by atoms with Gasteiger partial charge in [0.05, 0.1) is 5.54 Å². The second-order valence-electron chi connectivity index (χ2n) is 7.02. The van der Waals surface area contributed by atoms with Crippen LogP contribution < -0.4 is 16.2 Å². The summed E-state index contributed by atoms with van der Waals surface area (Å²) in [5.41, 5.74) is -6.13. The van der Waals surface area contributed by atoms with E-state index in [4.69, 9.17) is 17.1 Å². The van der Waals surface area contributed by atoms with Gasteiger partial charge in [-0.1, -0.05) is 42.5 Å². The van der Waals surface area contributed by atoms with Gasteiger partial charge in [0.2, 0.25) is 5.75 Å². The number of ether oxygens (including phenoxy) is 1. The standard InChI is InChI=1S/C24H25FN4O5/c1-24(2,28-23(33)34-14-16-7-5-4-6-8-16)22-27-18(19(30)21(32)29(22)3)20(31)26-13-15-9-11-17(25)12-10-15/h4-12,30H,13-14H2,1-3H3,(H,26,31)(H,28,33)/i1D3,2D3,3D3. The average Bonchev–Trinajstić information content (AvgIpc) is 2.90. The molecule has 0 fully saturated rings. The third kappa shape index (κ3) is 5.77. The van der Waals surface area contributed by atoms with Crippen LogP contribution in [-0.4, -0.2) is 26.7 Å². The molecule has 0 saturated carbocycles. The molecule has 3 aromatic rings. The van der Waals surface area contributed by atoms with Crippen LogP contribution in [0, 0.1) is 5.82 Å². The Morgan fingerprint density at radius 2 is 1.85 bits per heavy atom. The van der Waals surface area contributed by atoms with Gasteiger partial charge >= 0.3 is 6.09 Å². The SMILES string of the molecule is [2H]C([2H])([2H])n1c(C(NC(=O)OCc2ccccc2)(C([2H])([2H])[2H])C([2H])([2H])[2H])nc(C(=O)NCc2ccc(F)cc2)c(O)c1=O. The molecule has 0 spiro atoms. The largest absolute Gasteiger partial charge is 0.501 e. The molecule has 0 aliphatic rings. The van der Waals surface area contributed by atoms with E-state index in [0.717, 1.165) is 12.1 Å². The summed E-state index contributed by atoms with van der Waals surface area (Å²) in [5, 5.41) is 14.4. The fraction of sp³-hybridized carbons (Fsp3) is 0.250. The van der Waals surface area contributed by atoms with E-state index in [9.17, 15) is 23.9 Å². The maximum atomic E-state index is 13.2. The number of nitrogens with zero attached hydrogens (tertiary/aromatic N) is 2. The van der Waals surface area contributed by atoms with Crippen LogP contribution in [-0.2, 0) is 30.4 Å². The van der Waals surface area contributed by atoms with Gasteiger partial charge in [-0.05, 0) is 37.0 Å². The fourth-order valence-corrected chi connectivity index (χ4v) is 2.76. The molecule has 3 N–H and O–H groups in total. The van der Waals surface area contributed by atoms with E-state index in [1.54, 1.807) is 35.6 Å². The van der Waals surface area contributed by atoms with Crippen LogP contribution >= 0.6 is 0 Å². The summed E-state index contributed by atoms with van der Waals surface area (Å²) in [4.78, 5) is 42.6. The molecule has 0 atom stereocenters. The summed E-state index contributed by atoms with van der Waals surface area (Å²) in [7, 11) is 0. The van der Waals surface area contributed by atoms with Gasteiger partial charge in [-0.3, -0.25) is 14.2 Å². The highest BCUT2D eigenvalue weighted by Gasteiger charge is 2.31. The molecule has 178 valence electrons. The summed E-state index contributed by atoms with van der Waals surface area (Å²) < 4.78 is 89.9. The Hall–Kier alpha value is -4.21. The van der Waals surface area contributed by atoms with Gasteiger partial charge in [-0.15, -0.1) is 0 Å². The van der Waals surface area contributed by atoms with Gasteiger partial charge in [-0.2, -0.15) is 0 Å². The van der Waals surface area contributed by atoms with Crippen molar-refractivity contribution < 1.29 is 36.2 Å². The second-order valence-corrected chi connectivity index (χ2v) is 7.02. The highest BCUT2D eigenvalue weighted by molar-refractivity contribution is 5.94. The van der Waals surface area contributed by atoms with Crippen molar-refractivity contribution in [3.05, 3.63) is 93.4 Å². The first-order valence-electron chi connectivity index (χ1n) is 14.2. The minimum atomic E-state index is -3.87. The van der Waals surface area contributed by atoms with Crippen LogP contribution in [0.25, 0.3) is 0 Å². The summed E-state index contributed by atoms with van der Waals surface area (Å²) >= 11 is 0. The van der Waals surface area contributed by atoms with Gasteiger partial charge in [0.1, 0.15) is 18.2 Å². The van der Waals surface area contributed by atoms with Crippen molar-refractivity contribution in [2.24, 2.45) is 6.98 Å². The van der Waals surface area contributed by atoms with Crippen molar-refractivity contribution in [3.8, 4) is 5.75 Å². The Labute approximate surface area is 207 Å². The predicted octanol–water partition coefficient (Wildman–Crippen LogP) is 2.72. The van der Waals surface area contributed by atoms with E-state index >= 15 is 0 Å². The number of carbonyl (C=O) groups is 2. The maximum absolute atomic E-state index is 13.2. The summed E-state index contributed by atoms with van der Waals surface area (Å²) in [6.07, 6.45) is -1.64. The van der Waals surface area contributed by atoms with Gasteiger partial charge in [0.15, 0.2) is 5.69 Å². The van der Waals surface area contributed by atoms with Crippen LogP contribution in [0.3, 0.4) is 0 Å². The number of benzene rings is 2. The third-order valence-electron chi connectivity index (χ3n) is 4.48. The quantitative estimate of drug-likeness (QED) is 0.481. The lowest BCUT2D eigenvalue weighted by Crippen LogP contribution is -2.46. The number of alkyl carbamates (subject to hydrolysis) is 1. The van der Waals surface area contributed by atoms with Crippen LogP contribution in [0.2, 0.25) is 0 Å². The Morgan fingerprint density at radius 1 is 1.15 bits per heavy atom. The zero-order valence-corrected chi connectivity index (χ0v) is 17.5. The van der Waals surface area contributed by atoms with Crippen LogP contribution in [0.15, 0.2) is 59.4 Å². The molecule has 1 heterocycles. The number of aromatic hydroxyl groups is 1. The molecule has 3 rings (SSSR count). The molecule has 1 aromatic heterocycles. The fourth-order valence-electron chi connectivity index (χ4n) is 2.76. The lowest BCUT2D eigenvalue weighted by Gasteiger charge is -2.27. The van der Waals surface area contributed by atoms with Crippen molar-refractivity contribution in [1.82, 2.24) is 20.2 Å². The Balaban J connectivity index is 2.20. The molecule has 0 aliphatic heterocycles. The maximum Gasteiger partial charge on any atom is 0.408 e. The molecular weight excluding hydrogens is 443 g/mol. The van der Waals surface area contributed by atoms with Crippen molar-refractivity contribution in [3.63, 3.8) is 0 Å². The minimum Gasteiger partial charge on any atom is -0.501 e. The van der Waals surface area contributed by atoms with E-state index < -0.39 is 78.0 Å². The average molecular weight is 478 g/mol. The molecule has 2 aromatic carbocycles. The van der Waals surface area contributed by atoms with Gasteiger partial charge in [0, 0.05) is 25.9 Å². The van der Waals surface area contributed by atoms with Crippen molar-refractivity contribution in [1.29, 1.82) is 0 Å². The molecule has 0 saturated heterocycles. The van der Waals surface area contributed by atoms with Gasteiger partial charge < -0.3 is 20.5 Å². The van der Waals surface area contributed by atoms with E-state index in [2.05, 4.69) is 10.3 Å². The molecule has 2 amide bonds. The van der Waals surface area contributed by atoms with Crippen LogP contribution in [0.1, 0.15) is 53.5 Å². The lowest BCUT2D eigenvalue weighted by molar-refractivity contribution is 0.0941. The lowest BCUT2D eigenvalue weighted by atomic mass is 10.0. The number of hydrogen-bond donors (Lipinski definition) is 3. The highest BCUT2D eigenvalue weighted by atomic mass is 19.1. The van der Waals surface area contributed by atoms with Crippen molar-refractivity contribution >= 4 is 12.0 Å². The smallest absolute Gasteiger partial charge is 0.408 e. The predicted molar refractivity (Wildman–Crippen MR) is 122 cm³/mol. The first kappa shape index (κ1) is 14.8. The summed E-state index contributed by atoms with van der Waals surface area (Å²) in [6.45, 7) is -12.2. The monoisotopic (exact) mass is 477 g/mol. The highest BCUT2D eigenvalue weighted by Crippen LogP contribution is 2.20. The Kier molecular flexibility index (Phi) is 4.43. The Morgan fingerprint density at radius 3 is 2.50 bits per heavy atom. The Bertz CT molecular complexity index is 1530. The first-order chi connectivity index (χ1) is 19.8. The van der Waals surface area contributed by atoms with E-state index in [1.165, 1.54) is 12.1 Å². The molecule has 0 unspecified atom stereocenters. The number of carbonyl (C=O) groups excluding carboxylic acids is 2. The van der Waals surface area contributed by atoms with Crippen LogP contribution in [0.5, 0.6) is 5.75 Å². The molecule has 10 heteroatoms. The summed E-state index contributed by atoms with van der Waals surface area (Å²) in [6, 6.07) is 12.7. The molecule has 0 aliphatic carbocycles. The second kappa shape index (κ2) is 10.2. The molecule has 0 bridgehead atoms. The minimum absolute atomic E-state index is 0.328.